The third-order valence-corrected chi connectivity index (χ3v) is 7.75. The van der Waals surface area contributed by atoms with Gasteiger partial charge in [-0.25, -0.2) is 0 Å². The molecule has 0 aromatic heterocycles. The van der Waals surface area contributed by atoms with Crippen molar-refractivity contribution in [3.8, 4) is 0 Å². The molecule has 0 radical (unpaired) electrons. The third-order valence-electron chi connectivity index (χ3n) is 7.75. The number of unbranched alkanes of at least 4 members (excludes halogenated alkanes) is 18. The smallest absolute Gasteiger partial charge is 0.120 e. The largest absolute Gasteiger partial charge is 0.378 e. The standard InChI is InChI=1S/C31H65NO2/c1-6-8-10-12-14-16-18-20-22-24-26-29(5)31(34,32-30(33)28(3)4)27-25-23-21-19-17-15-13-11-9-7-2/h28-30,32-34H,6-27H2,1-5H3. The predicted octanol–water partition coefficient (Wildman–Crippen LogP) is 9.50. The Morgan fingerprint density at radius 1 is 0.559 bits per heavy atom. The van der Waals surface area contributed by atoms with Crippen LogP contribution in [0.4, 0.5) is 0 Å². The molecule has 3 atom stereocenters. The van der Waals surface area contributed by atoms with Gasteiger partial charge in [0.25, 0.3) is 0 Å². The fraction of sp³-hybridized carbons (Fsp3) is 1.00. The normalized spacial score (nSPS) is 15.5. The van der Waals surface area contributed by atoms with E-state index in [1.165, 1.54) is 122 Å². The number of nitrogens with one attached hydrogen (secondary N) is 1. The molecule has 34 heavy (non-hydrogen) atoms. The van der Waals surface area contributed by atoms with Gasteiger partial charge in [-0.2, -0.15) is 0 Å². The topological polar surface area (TPSA) is 52.5 Å². The zero-order valence-electron chi connectivity index (χ0n) is 24.2. The van der Waals surface area contributed by atoms with Crippen molar-refractivity contribution in [2.24, 2.45) is 11.8 Å². The molecule has 3 N–H and O–H groups in total. The van der Waals surface area contributed by atoms with Crippen molar-refractivity contribution in [3.63, 3.8) is 0 Å². The van der Waals surface area contributed by atoms with Crippen molar-refractivity contribution in [2.75, 3.05) is 0 Å². The summed E-state index contributed by atoms with van der Waals surface area (Å²) in [5.41, 5.74) is -0.955. The highest BCUT2D eigenvalue weighted by atomic mass is 16.3. The Hall–Kier alpha value is -0.120. The molecule has 3 nitrogen and oxygen atoms in total. The average Bonchev–Trinajstić information content (AvgIpc) is 2.81. The number of rotatable bonds is 26. The second kappa shape index (κ2) is 23.3. The van der Waals surface area contributed by atoms with Crippen LogP contribution < -0.4 is 5.32 Å². The van der Waals surface area contributed by atoms with Gasteiger partial charge in [0.15, 0.2) is 0 Å². The zero-order valence-corrected chi connectivity index (χ0v) is 24.2. The molecular formula is C31H65NO2. The van der Waals surface area contributed by atoms with Gasteiger partial charge in [-0.05, 0) is 31.1 Å². The van der Waals surface area contributed by atoms with E-state index in [1.54, 1.807) is 0 Å². The Bertz CT molecular complexity index is 414. The summed E-state index contributed by atoms with van der Waals surface area (Å²) >= 11 is 0. The Morgan fingerprint density at radius 3 is 1.29 bits per heavy atom. The summed E-state index contributed by atoms with van der Waals surface area (Å²) in [6, 6.07) is 0. The lowest BCUT2D eigenvalue weighted by Gasteiger charge is -2.38. The molecule has 206 valence electrons. The fourth-order valence-corrected chi connectivity index (χ4v) is 4.94. The molecule has 0 amide bonds. The maximum absolute atomic E-state index is 11.5. The average molecular weight is 484 g/mol. The van der Waals surface area contributed by atoms with Crippen LogP contribution in [0.3, 0.4) is 0 Å². The summed E-state index contributed by atoms with van der Waals surface area (Å²) in [6.07, 6.45) is 27.6. The van der Waals surface area contributed by atoms with Gasteiger partial charge >= 0.3 is 0 Å². The van der Waals surface area contributed by atoms with Crippen LogP contribution in [0.25, 0.3) is 0 Å². The number of hydrogen-bond acceptors (Lipinski definition) is 3. The van der Waals surface area contributed by atoms with E-state index < -0.39 is 12.0 Å². The van der Waals surface area contributed by atoms with Crippen LogP contribution in [0.5, 0.6) is 0 Å². The fourth-order valence-electron chi connectivity index (χ4n) is 4.94. The van der Waals surface area contributed by atoms with Crippen LogP contribution in [0, 0.1) is 11.8 Å². The molecule has 0 bridgehead atoms. The Labute approximate surface area is 215 Å². The van der Waals surface area contributed by atoms with Gasteiger partial charge in [-0.1, -0.05) is 157 Å². The van der Waals surface area contributed by atoms with E-state index in [-0.39, 0.29) is 11.8 Å². The molecule has 3 unspecified atom stereocenters. The molecule has 0 saturated carbocycles. The van der Waals surface area contributed by atoms with Gasteiger partial charge in [-0.15, -0.1) is 0 Å². The molecule has 3 heteroatoms. The van der Waals surface area contributed by atoms with Gasteiger partial charge in [0.2, 0.25) is 0 Å². The van der Waals surface area contributed by atoms with E-state index in [2.05, 4.69) is 26.1 Å². The van der Waals surface area contributed by atoms with Crippen molar-refractivity contribution in [3.05, 3.63) is 0 Å². The Morgan fingerprint density at radius 2 is 0.912 bits per heavy atom. The van der Waals surface area contributed by atoms with E-state index in [4.69, 9.17) is 0 Å². The van der Waals surface area contributed by atoms with Crippen LogP contribution in [0.1, 0.15) is 176 Å². The van der Waals surface area contributed by atoms with E-state index in [1.807, 2.05) is 13.8 Å². The van der Waals surface area contributed by atoms with Crippen molar-refractivity contribution in [2.45, 2.75) is 188 Å². The van der Waals surface area contributed by atoms with Gasteiger partial charge in [0, 0.05) is 0 Å². The van der Waals surface area contributed by atoms with Crippen LogP contribution >= 0.6 is 0 Å². The molecule has 0 aromatic rings. The highest BCUT2D eigenvalue weighted by Gasteiger charge is 2.35. The first-order chi connectivity index (χ1) is 16.4. The predicted molar refractivity (Wildman–Crippen MR) is 151 cm³/mol. The summed E-state index contributed by atoms with van der Waals surface area (Å²) in [6.45, 7) is 10.7. The van der Waals surface area contributed by atoms with Crippen molar-refractivity contribution in [1.82, 2.24) is 5.32 Å². The minimum Gasteiger partial charge on any atom is -0.378 e. The highest BCUT2D eigenvalue weighted by molar-refractivity contribution is 4.83. The number of hydrogen-bond donors (Lipinski definition) is 3. The quantitative estimate of drug-likeness (QED) is 0.0847. The van der Waals surface area contributed by atoms with Crippen LogP contribution in [-0.2, 0) is 0 Å². The minimum atomic E-state index is -0.955. The molecule has 0 fully saturated rings. The first-order valence-electron chi connectivity index (χ1n) is 15.6. The minimum absolute atomic E-state index is 0.101. The Balaban J connectivity index is 4.17. The number of aliphatic hydroxyl groups excluding tert-OH is 1. The van der Waals surface area contributed by atoms with Crippen LogP contribution in [-0.4, -0.2) is 22.2 Å². The van der Waals surface area contributed by atoms with E-state index in [0.29, 0.717) is 0 Å². The lowest BCUT2D eigenvalue weighted by molar-refractivity contribution is -0.102. The first-order valence-corrected chi connectivity index (χ1v) is 15.6. The van der Waals surface area contributed by atoms with Gasteiger partial charge < -0.3 is 10.2 Å². The summed E-state index contributed by atoms with van der Waals surface area (Å²) < 4.78 is 0. The van der Waals surface area contributed by atoms with Gasteiger partial charge in [-0.3, -0.25) is 5.32 Å². The maximum Gasteiger partial charge on any atom is 0.120 e. The molecule has 0 heterocycles. The molecule has 0 aromatic carbocycles. The Kier molecular flexibility index (Phi) is 23.2. The summed E-state index contributed by atoms with van der Waals surface area (Å²) in [5, 5.41) is 25.2. The molecule has 0 aliphatic rings. The van der Waals surface area contributed by atoms with Gasteiger partial charge in [0.05, 0.1) is 0 Å². The van der Waals surface area contributed by atoms with E-state index in [9.17, 15) is 10.2 Å². The van der Waals surface area contributed by atoms with E-state index >= 15 is 0 Å². The second-order valence-electron chi connectivity index (χ2n) is 11.6. The first kappa shape index (κ1) is 33.9. The molecule has 0 rings (SSSR count). The highest BCUT2D eigenvalue weighted by Crippen LogP contribution is 2.28. The number of aliphatic hydroxyl groups is 2. The summed E-state index contributed by atoms with van der Waals surface area (Å²) in [7, 11) is 0. The molecule has 0 aliphatic heterocycles. The lowest BCUT2D eigenvalue weighted by Crippen LogP contribution is -2.56. The molecule has 0 aliphatic carbocycles. The van der Waals surface area contributed by atoms with Crippen molar-refractivity contribution < 1.29 is 10.2 Å². The summed E-state index contributed by atoms with van der Waals surface area (Å²) in [5.74, 6) is 0.261. The molecule has 0 saturated heterocycles. The second-order valence-corrected chi connectivity index (χ2v) is 11.6. The van der Waals surface area contributed by atoms with E-state index in [0.717, 1.165) is 19.3 Å². The van der Waals surface area contributed by atoms with Crippen LogP contribution in [0.15, 0.2) is 0 Å². The molecular weight excluding hydrogens is 418 g/mol. The zero-order chi connectivity index (χ0) is 25.5. The van der Waals surface area contributed by atoms with Crippen molar-refractivity contribution >= 4 is 0 Å². The molecule has 0 spiro atoms. The van der Waals surface area contributed by atoms with Gasteiger partial charge in [0.1, 0.15) is 12.0 Å². The van der Waals surface area contributed by atoms with Crippen molar-refractivity contribution in [1.29, 1.82) is 0 Å². The monoisotopic (exact) mass is 484 g/mol. The SMILES string of the molecule is CCCCCCCCCCCCC(C)C(O)(CCCCCCCCCCCC)NC(O)C(C)C. The maximum atomic E-state index is 11.5. The summed E-state index contributed by atoms with van der Waals surface area (Å²) in [4.78, 5) is 0. The lowest BCUT2D eigenvalue weighted by atomic mass is 9.86. The van der Waals surface area contributed by atoms with Crippen LogP contribution in [0.2, 0.25) is 0 Å². The third kappa shape index (κ3) is 19.1.